The van der Waals surface area contributed by atoms with Crippen molar-refractivity contribution in [1.29, 1.82) is 0 Å². The van der Waals surface area contributed by atoms with Crippen LogP contribution in [0.5, 0.6) is 0 Å². The fourth-order valence-corrected chi connectivity index (χ4v) is 1.82. The maximum Gasteiger partial charge on any atom is 0.123 e. The Morgan fingerprint density at radius 3 is 2.78 bits per heavy atom. The summed E-state index contributed by atoms with van der Waals surface area (Å²) in [6.07, 6.45) is 4.80. The van der Waals surface area contributed by atoms with Crippen LogP contribution in [0.3, 0.4) is 0 Å². The van der Waals surface area contributed by atoms with E-state index in [2.05, 4.69) is 21.8 Å². The lowest BCUT2D eigenvalue weighted by Crippen LogP contribution is -2.17. The Bertz CT molecular complexity index is 476. The van der Waals surface area contributed by atoms with Gasteiger partial charge in [0.25, 0.3) is 0 Å². The molecule has 0 amide bonds. The first-order valence-electron chi connectivity index (χ1n) is 6.23. The molecule has 0 aliphatic heterocycles. The lowest BCUT2D eigenvalue weighted by Gasteiger charge is -2.09. The Morgan fingerprint density at radius 2 is 2.06 bits per heavy atom. The summed E-state index contributed by atoms with van der Waals surface area (Å²) in [6, 6.07) is 6.58. The van der Waals surface area contributed by atoms with Crippen LogP contribution in [0, 0.1) is 5.82 Å². The highest BCUT2D eigenvalue weighted by atomic mass is 19.1. The van der Waals surface area contributed by atoms with Gasteiger partial charge in [0.15, 0.2) is 0 Å². The average Bonchev–Trinajstić information content (AvgIpc) is 2.80. The van der Waals surface area contributed by atoms with E-state index in [1.165, 1.54) is 12.1 Å². The smallest absolute Gasteiger partial charge is 0.123 e. The molecule has 0 unspecified atom stereocenters. The molecule has 1 heterocycles. The van der Waals surface area contributed by atoms with E-state index in [1.807, 2.05) is 12.5 Å². The minimum atomic E-state index is -0.200. The van der Waals surface area contributed by atoms with Gasteiger partial charge >= 0.3 is 0 Å². The molecule has 1 aromatic heterocycles. The van der Waals surface area contributed by atoms with Gasteiger partial charge in [-0.3, -0.25) is 0 Å². The monoisotopic (exact) mass is 247 g/mol. The van der Waals surface area contributed by atoms with Crippen molar-refractivity contribution >= 4 is 0 Å². The van der Waals surface area contributed by atoms with Gasteiger partial charge in [-0.05, 0) is 30.7 Å². The Hall–Kier alpha value is -1.68. The number of halogens is 1. The summed E-state index contributed by atoms with van der Waals surface area (Å²) in [4.78, 5) is 4.16. The summed E-state index contributed by atoms with van der Waals surface area (Å²) in [5, 5.41) is 3.35. The van der Waals surface area contributed by atoms with Crippen molar-refractivity contribution in [2.24, 2.45) is 0 Å². The van der Waals surface area contributed by atoms with Gasteiger partial charge in [0.05, 0.1) is 12.0 Å². The number of imidazole rings is 1. The van der Waals surface area contributed by atoms with Gasteiger partial charge in [-0.2, -0.15) is 0 Å². The Labute approximate surface area is 107 Å². The Morgan fingerprint density at radius 1 is 1.28 bits per heavy atom. The van der Waals surface area contributed by atoms with Crippen LogP contribution in [0.2, 0.25) is 0 Å². The summed E-state index contributed by atoms with van der Waals surface area (Å²) in [6.45, 7) is 4.68. The summed E-state index contributed by atoms with van der Waals surface area (Å²) >= 11 is 0. The molecule has 0 spiro atoms. The molecule has 2 aromatic rings. The minimum Gasteiger partial charge on any atom is -0.329 e. The summed E-state index contributed by atoms with van der Waals surface area (Å²) in [7, 11) is 0. The van der Waals surface area contributed by atoms with E-state index in [1.54, 1.807) is 12.1 Å². The fourth-order valence-electron chi connectivity index (χ4n) is 1.82. The number of hydrogen-bond donors (Lipinski definition) is 1. The zero-order chi connectivity index (χ0) is 12.8. The van der Waals surface area contributed by atoms with Crippen molar-refractivity contribution in [3.8, 4) is 0 Å². The number of rotatable bonds is 6. The third-order valence-electron chi connectivity index (χ3n) is 2.80. The molecule has 4 heteroatoms. The molecule has 1 N–H and O–H groups in total. The molecule has 0 aliphatic carbocycles. The Balaban J connectivity index is 2.00. The number of aromatic nitrogens is 2. The van der Waals surface area contributed by atoms with E-state index < -0.39 is 0 Å². The highest BCUT2D eigenvalue weighted by Gasteiger charge is 2.02. The van der Waals surface area contributed by atoms with Crippen LogP contribution in [0.15, 0.2) is 36.8 Å². The maximum atomic E-state index is 12.8. The molecule has 2 rings (SSSR count). The van der Waals surface area contributed by atoms with Crippen LogP contribution in [0.4, 0.5) is 4.39 Å². The normalized spacial score (nSPS) is 10.8. The van der Waals surface area contributed by atoms with E-state index in [0.29, 0.717) is 0 Å². The fraction of sp³-hybridized carbons (Fsp3) is 0.357. The minimum absolute atomic E-state index is 0.200. The van der Waals surface area contributed by atoms with Crippen LogP contribution in [-0.2, 0) is 13.1 Å². The second kappa shape index (κ2) is 6.31. The second-order valence-electron chi connectivity index (χ2n) is 4.32. The predicted octanol–water partition coefficient (Wildman–Crippen LogP) is 2.57. The van der Waals surface area contributed by atoms with Crippen molar-refractivity contribution < 1.29 is 4.39 Å². The zero-order valence-electron chi connectivity index (χ0n) is 10.6. The number of nitrogens with zero attached hydrogens (tertiary/aromatic N) is 2. The predicted molar refractivity (Wildman–Crippen MR) is 69.7 cm³/mol. The van der Waals surface area contributed by atoms with E-state index in [9.17, 15) is 4.39 Å². The average molecular weight is 247 g/mol. The lowest BCUT2D eigenvalue weighted by atomic mass is 10.2. The van der Waals surface area contributed by atoms with Crippen LogP contribution < -0.4 is 5.32 Å². The first-order valence-corrected chi connectivity index (χ1v) is 6.23. The molecule has 3 nitrogen and oxygen atoms in total. The molecule has 0 saturated heterocycles. The van der Waals surface area contributed by atoms with E-state index in [-0.39, 0.29) is 5.82 Å². The van der Waals surface area contributed by atoms with Gasteiger partial charge in [0, 0.05) is 19.3 Å². The molecule has 18 heavy (non-hydrogen) atoms. The number of benzene rings is 1. The highest BCUT2D eigenvalue weighted by molar-refractivity contribution is 5.17. The largest absolute Gasteiger partial charge is 0.329 e. The Kier molecular flexibility index (Phi) is 4.47. The standard InChI is InChI=1S/C14H18FN3/c1-2-7-16-8-14-9-17-11-18(14)10-12-3-5-13(15)6-4-12/h3-6,9,11,16H,2,7-8,10H2,1H3. The first-order chi connectivity index (χ1) is 8.79. The molecule has 0 fully saturated rings. The zero-order valence-corrected chi connectivity index (χ0v) is 10.6. The number of hydrogen-bond acceptors (Lipinski definition) is 2. The second-order valence-corrected chi connectivity index (χ2v) is 4.32. The van der Waals surface area contributed by atoms with Crippen LogP contribution >= 0.6 is 0 Å². The van der Waals surface area contributed by atoms with Crippen molar-refractivity contribution in [1.82, 2.24) is 14.9 Å². The van der Waals surface area contributed by atoms with Gasteiger partial charge in [0.2, 0.25) is 0 Å². The van der Waals surface area contributed by atoms with Crippen molar-refractivity contribution in [3.05, 3.63) is 53.9 Å². The molecule has 0 saturated carbocycles. The third-order valence-corrected chi connectivity index (χ3v) is 2.80. The molecule has 0 atom stereocenters. The van der Waals surface area contributed by atoms with Crippen LogP contribution in [-0.4, -0.2) is 16.1 Å². The van der Waals surface area contributed by atoms with Gasteiger partial charge < -0.3 is 9.88 Å². The van der Waals surface area contributed by atoms with Gasteiger partial charge in [-0.25, -0.2) is 9.37 Å². The van der Waals surface area contributed by atoms with Crippen molar-refractivity contribution in [2.45, 2.75) is 26.4 Å². The number of nitrogens with one attached hydrogen (secondary N) is 1. The van der Waals surface area contributed by atoms with Crippen molar-refractivity contribution in [3.63, 3.8) is 0 Å². The van der Waals surface area contributed by atoms with Crippen molar-refractivity contribution in [2.75, 3.05) is 6.54 Å². The lowest BCUT2D eigenvalue weighted by molar-refractivity contribution is 0.621. The van der Waals surface area contributed by atoms with E-state index in [4.69, 9.17) is 0 Å². The molecular weight excluding hydrogens is 229 g/mol. The molecule has 96 valence electrons. The SMILES string of the molecule is CCCNCc1cncn1Cc1ccc(F)cc1. The highest BCUT2D eigenvalue weighted by Crippen LogP contribution is 2.07. The molecule has 1 aromatic carbocycles. The van der Waals surface area contributed by atoms with E-state index in [0.717, 1.165) is 37.3 Å². The van der Waals surface area contributed by atoms with E-state index >= 15 is 0 Å². The first kappa shape index (κ1) is 12.8. The summed E-state index contributed by atoms with van der Waals surface area (Å²) in [5.74, 6) is -0.200. The van der Waals surface area contributed by atoms with Crippen LogP contribution in [0.1, 0.15) is 24.6 Å². The molecular formula is C14H18FN3. The summed E-state index contributed by atoms with van der Waals surface area (Å²) < 4.78 is 14.9. The molecule has 0 radical (unpaired) electrons. The van der Waals surface area contributed by atoms with Gasteiger partial charge in [-0.15, -0.1) is 0 Å². The third kappa shape index (κ3) is 3.40. The van der Waals surface area contributed by atoms with Gasteiger partial charge in [-0.1, -0.05) is 19.1 Å². The molecule has 0 bridgehead atoms. The molecule has 0 aliphatic rings. The van der Waals surface area contributed by atoms with Gasteiger partial charge in [0.1, 0.15) is 5.82 Å². The topological polar surface area (TPSA) is 29.9 Å². The maximum absolute atomic E-state index is 12.8. The van der Waals surface area contributed by atoms with Crippen LogP contribution in [0.25, 0.3) is 0 Å². The summed E-state index contributed by atoms with van der Waals surface area (Å²) in [5.41, 5.74) is 2.22. The quantitative estimate of drug-likeness (QED) is 0.795.